The molecular formula is C6H8ClFN4. The molecule has 1 heterocycles. The molecule has 0 radical (unpaired) electrons. The van der Waals surface area contributed by atoms with Gasteiger partial charge in [0.15, 0.2) is 12.0 Å². The van der Waals surface area contributed by atoms with Gasteiger partial charge >= 0.3 is 0 Å². The Bertz CT molecular complexity index is 260. The summed E-state index contributed by atoms with van der Waals surface area (Å²) in [5.74, 6) is -0.0592. The van der Waals surface area contributed by atoms with Gasteiger partial charge < -0.3 is 5.73 Å². The Morgan fingerprint density at radius 1 is 1.50 bits per heavy atom. The lowest BCUT2D eigenvalue weighted by Crippen LogP contribution is -2.04. The number of nitrogen functional groups attached to an aromatic ring is 1. The predicted molar refractivity (Wildman–Crippen MR) is 43.4 cm³/mol. The molecule has 0 aromatic carbocycles. The smallest absolute Gasteiger partial charge is 0.227 e. The van der Waals surface area contributed by atoms with Crippen LogP contribution < -0.4 is 5.73 Å². The fraction of sp³-hybridized carbons (Fsp3) is 0.500. The van der Waals surface area contributed by atoms with Crippen LogP contribution in [0.1, 0.15) is 25.3 Å². The molecule has 2 N–H and O–H groups in total. The van der Waals surface area contributed by atoms with E-state index in [0.29, 0.717) is 6.42 Å². The van der Waals surface area contributed by atoms with E-state index in [4.69, 9.17) is 17.3 Å². The van der Waals surface area contributed by atoms with E-state index < -0.39 is 6.17 Å². The highest BCUT2D eigenvalue weighted by Crippen LogP contribution is 2.17. The number of hydrogen-bond acceptors (Lipinski definition) is 4. The highest BCUT2D eigenvalue weighted by Gasteiger charge is 2.12. The maximum absolute atomic E-state index is 13.0. The SMILES string of the molecule is CC[C@H](F)c1nc(N)nc(Cl)n1. The van der Waals surface area contributed by atoms with Crippen molar-refractivity contribution in [3.8, 4) is 0 Å². The second-order valence-corrected chi connectivity index (χ2v) is 2.53. The predicted octanol–water partition coefficient (Wildman–Crippen LogP) is 1.53. The van der Waals surface area contributed by atoms with Gasteiger partial charge in [-0.1, -0.05) is 6.92 Å². The summed E-state index contributed by atoms with van der Waals surface area (Å²) >= 11 is 5.44. The normalized spacial score (nSPS) is 12.9. The first-order chi connectivity index (χ1) is 5.63. The lowest BCUT2D eigenvalue weighted by Gasteiger charge is -2.03. The minimum Gasteiger partial charge on any atom is -0.368 e. The number of nitrogens with two attached hydrogens (primary N) is 1. The largest absolute Gasteiger partial charge is 0.368 e. The Hall–Kier alpha value is -0.970. The summed E-state index contributed by atoms with van der Waals surface area (Å²) in [6.07, 6.45) is -0.937. The fourth-order valence-electron chi connectivity index (χ4n) is 0.704. The van der Waals surface area contributed by atoms with Crippen LogP contribution >= 0.6 is 11.6 Å². The molecule has 12 heavy (non-hydrogen) atoms. The number of aromatic nitrogens is 3. The van der Waals surface area contributed by atoms with E-state index in [0.717, 1.165) is 0 Å². The minimum atomic E-state index is -1.23. The zero-order valence-electron chi connectivity index (χ0n) is 6.46. The molecule has 0 bridgehead atoms. The first-order valence-electron chi connectivity index (χ1n) is 3.44. The van der Waals surface area contributed by atoms with Crippen molar-refractivity contribution in [3.63, 3.8) is 0 Å². The molecule has 0 aliphatic carbocycles. The molecule has 0 aliphatic rings. The standard InChI is InChI=1S/C6H8ClFN4/c1-2-3(8)4-10-5(7)12-6(9)11-4/h3H,2H2,1H3,(H2,9,10,11,12)/t3-/m0/s1. The van der Waals surface area contributed by atoms with Crippen LogP contribution in [0, 0.1) is 0 Å². The van der Waals surface area contributed by atoms with E-state index >= 15 is 0 Å². The Kier molecular flexibility index (Phi) is 2.75. The topological polar surface area (TPSA) is 64.7 Å². The summed E-state index contributed by atoms with van der Waals surface area (Å²) in [7, 11) is 0. The Labute approximate surface area is 74.0 Å². The molecule has 1 aromatic rings. The molecule has 1 atom stereocenters. The van der Waals surface area contributed by atoms with E-state index in [1.165, 1.54) is 0 Å². The van der Waals surface area contributed by atoms with Gasteiger partial charge in [0.2, 0.25) is 11.2 Å². The Morgan fingerprint density at radius 2 is 2.17 bits per heavy atom. The second-order valence-electron chi connectivity index (χ2n) is 2.20. The number of alkyl halides is 1. The van der Waals surface area contributed by atoms with Crippen LogP contribution in [0.2, 0.25) is 5.28 Å². The molecule has 0 amide bonds. The van der Waals surface area contributed by atoms with Crippen molar-refractivity contribution in [1.29, 1.82) is 0 Å². The van der Waals surface area contributed by atoms with Gasteiger partial charge in [-0.3, -0.25) is 0 Å². The van der Waals surface area contributed by atoms with Crippen LogP contribution in [0.5, 0.6) is 0 Å². The van der Waals surface area contributed by atoms with Crippen molar-refractivity contribution in [3.05, 3.63) is 11.1 Å². The van der Waals surface area contributed by atoms with Gasteiger partial charge in [-0.05, 0) is 18.0 Å². The Balaban J connectivity index is 3.00. The molecule has 1 aromatic heterocycles. The fourth-order valence-corrected chi connectivity index (χ4v) is 0.877. The van der Waals surface area contributed by atoms with Gasteiger partial charge in [0.05, 0.1) is 0 Å². The van der Waals surface area contributed by atoms with Crippen molar-refractivity contribution >= 4 is 17.5 Å². The monoisotopic (exact) mass is 190 g/mol. The molecule has 0 unspecified atom stereocenters. The van der Waals surface area contributed by atoms with Crippen molar-refractivity contribution < 1.29 is 4.39 Å². The van der Waals surface area contributed by atoms with Crippen LogP contribution in [-0.4, -0.2) is 15.0 Å². The molecule has 0 saturated carbocycles. The highest BCUT2D eigenvalue weighted by atomic mass is 35.5. The van der Waals surface area contributed by atoms with E-state index in [2.05, 4.69) is 15.0 Å². The van der Waals surface area contributed by atoms with Gasteiger partial charge in [-0.15, -0.1) is 0 Å². The molecule has 0 fully saturated rings. The van der Waals surface area contributed by atoms with Crippen LogP contribution in [0.3, 0.4) is 0 Å². The maximum atomic E-state index is 13.0. The van der Waals surface area contributed by atoms with Gasteiger partial charge in [-0.25, -0.2) is 4.39 Å². The van der Waals surface area contributed by atoms with E-state index in [9.17, 15) is 4.39 Å². The summed E-state index contributed by atoms with van der Waals surface area (Å²) in [6, 6.07) is 0. The molecule has 0 aliphatic heterocycles. The summed E-state index contributed by atoms with van der Waals surface area (Å²) in [4.78, 5) is 10.7. The first-order valence-corrected chi connectivity index (χ1v) is 3.82. The van der Waals surface area contributed by atoms with Gasteiger partial charge in [0, 0.05) is 0 Å². The Morgan fingerprint density at radius 3 is 2.67 bits per heavy atom. The summed E-state index contributed by atoms with van der Waals surface area (Å²) in [6.45, 7) is 1.68. The minimum absolute atomic E-state index is 0.00463. The highest BCUT2D eigenvalue weighted by molar-refractivity contribution is 6.28. The number of hydrogen-bond donors (Lipinski definition) is 1. The molecule has 66 valence electrons. The van der Waals surface area contributed by atoms with Crippen LogP contribution in [0.25, 0.3) is 0 Å². The average molecular weight is 191 g/mol. The van der Waals surface area contributed by atoms with Crippen LogP contribution in [0.4, 0.5) is 10.3 Å². The number of nitrogens with zero attached hydrogens (tertiary/aromatic N) is 3. The maximum Gasteiger partial charge on any atom is 0.227 e. The van der Waals surface area contributed by atoms with Gasteiger partial charge in [0.1, 0.15) is 0 Å². The molecule has 4 nitrogen and oxygen atoms in total. The zero-order valence-corrected chi connectivity index (χ0v) is 7.22. The molecular weight excluding hydrogens is 183 g/mol. The second kappa shape index (κ2) is 3.62. The third kappa shape index (κ3) is 2.01. The van der Waals surface area contributed by atoms with E-state index in [1.54, 1.807) is 6.92 Å². The molecule has 6 heteroatoms. The summed E-state index contributed by atoms with van der Waals surface area (Å²) in [5, 5.41) is -0.0754. The van der Waals surface area contributed by atoms with Crippen LogP contribution in [-0.2, 0) is 0 Å². The molecule has 0 spiro atoms. The van der Waals surface area contributed by atoms with Crippen LogP contribution in [0.15, 0.2) is 0 Å². The number of anilines is 1. The summed E-state index contributed by atoms with van der Waals surface area (Å²) < 4.78 is 13.0. The lowest BCUT2D eigenvalue weighted by atomic mass is 10.3. The first kappa shape index (κ1) is 9.12. The third-order valence-electron chi connectivity index (χ3n) is 1.28. The third-order valence-corrected chi connectivity index (χ3v) is 1.45. The van der Waals surface area contributed by atoms with Crippen molar-refractivity contribution in [2.75, 3.05) is 5.73 Å². The molecule has 1 rings (SSSR count). The lowest BCUT2D eigenvalue weighted by molar-refractivity contribution is 0.318. The van der Waals surface area contributed by atoms with Gasteiger partial charge in [0.25, 0.3) is 0 Å². The summed E-state index contributed by atoms with van der Waals surface area (Å²) in [5.41, 5.74) is 5.24. The van der Waals surface area contributed by atoms with Gasteiger partial charge in [-0.2, -0.15) is 15.0 Å². The zero-order chi connectivity index (χ0) is 9.14. The quantitative estimate of drug-likeness (QED) is 0.768. The number of halogens is 2. The van der Waals surface area contributed by atoms with Crippen molar-refractivity contribution in [2.24, 2.45) is 0 Å². The number of rotatable bonds is 2. The van der Waals surface area contributed by atoms with E-state index in [1.807, 2.05) is 0 Å². The van der Waals surface area contributed by atoms with Crippen molar-refractivity contribution in [1.82, 2.24) is 15.0 Å². The average Bonchev–Trinajstić information content (AvgIpc) is 2.01. The molecule has 0 saturated heterocycles. The van der Waals surface area contributed by atoms with Crippen molar-refractivity contribution in [2.45, 2.75) is 19.5 Å². The van der Waals surface area contributed by atoms with E-state index in [-0.39, 0.29) is 17.1 Å².